The average molecular weight is 367 g/mol. The van der Waals surface area contributed by atoms with E-state index in [9.17, 15) is 0 Å². The lowest BCUT2D eigenvalue weighted by atomic mass is 10.1. The van der Waals surface area contributed by atoms with Crippen molar-refractivity contribution in [1.29, 1.82) is 0 Å². The van der Waals surface area contributed by atoms with Crippen molar-refractivity contribution in [3.8, 4) is 11.5 Å². The van der Waals surface area contributed by atoms with Crippen LogP contribution >= 0.6 is 0 Å². The van der Waals surface area contributed by atoms with Crippen LogP contribution in [0.15, 0.2) is 18.7 Å². The Balaban J connectivity index is 3.43. The summed E-state index contributed by atoms with van der Waals surface area (Å²) >= 11 is 0. The van der Waals surface area contributed by atoms with Gasteiger partial charge in [-0.15, -0.1) is 0 Å². The fourth-order valence-corrected chi connectivity index (χ4v) is 4.86. The SMILES string of the molecule is C=C(O[Si](C)(C)C(C)(C)C)c1cc(OC)c(OC)cc1[Si](C)(C)C. The molecule has 0 aliphatic rings. The van der Waals surface area contributed by atoms with Crippen LogP contribution in [0, 0.1) is 0 Å². The van der Waals surface area contributed by atoms with Gasteiger partial charge in [0.15, 0.2) is 11.5 Å². The average Bonchev–Trinajstić information content (AvgIpc) is 2.42. The first-order chi connectivity index (χ1) is 10.7. The Kier molecular flexibility index (Phi) is 6.04. The fraction of sp³-hybridized carbons (Fsp3) is 0.579. The predicted octanol–water partition coefficient (Wildman–Crippen LogP) is 5.24. The van der Waals surface area contributed by atoms with Gasteiger partial charge >= 0.3 is 0 Å². The molecule has 136 valence electrons. The van der Waals surface area contributed by atoms with E-state index < -0.39 is 16.4 Å². The van der Waals surface area contributed by atoms with Gasteiger partial charge in [0, 0.05) is 5.56 Å². The number of hydrogen-bond acceptors (Lipinski definition) is 3. The van der Waals surface area contributed by atoms with E-state index in [0.29, 0.717) is 0 Å². The molecule has 0 bridgehead atoms. The van der Waals surface area contributed by atoms with Gasteiger partial charge in [0.05, 0.1) is 22.3 Å². The summed E-state index contributed by atoms with van der Waals surface area (Å²) in [6, 6.07) is 4.11. The lowest BCUT2D eigenvalue weighted by Gasteiger charge is -2.38. The van der Waals surface area contributed by atoms with Crippen LogP contribution in [0.25, 0.3) is 5.76 Å². The van der Waals surface area contributed by atoms with Crippen molar-refractivity contribution in [2.75, 3.05) is 14.2 Å². The number of methoxy groups -OCH3 is 2. The molecule has 0 N–H and O–H groups in total. The van der Waals surface area contributed by atoms with Gasteiger partial charge in [-0.05, 0) is 35.5 Å². The molecule has 5 heteroatoms. The zero-order chi connectivity index (χ0) is 18.9. The van der Waals surface area contributed by atoms with Crippen molar-refractivity contribution in [1.82, 2.24) is 0 Å². The summed E-state index contributed by atoms with van der Waals surface area (Å²) in [5.74, 6) is 2.23. The standard InChI is InChI=1S/C19H34O3Si2/c1-14(22-24(10,11)19(2,3)4)15-12-16(20-5)17(21-6)13-18(15)23(7,8)9/h12-13H,1H2,2-11H3. The highest BCUT2D eigenvalue weighted by molar-refractivity contribution is 6.89. The number of rotatable bonds is 6. The molecule has 1 aromatic rings. The maximum Gasteiger partial charge on any atom is 0.250 e. The van der Waals surface area contributed by atoms with E-state index in [-0.39, 0.29) is 5.04 Å². The van der Waals surface area contributed by atoms with Crippen molar-refractivity contribution in [3.63, 3.8) is 0 Å². The monoisotopic (exact) mass is 366 g/mol. The minimum Gasteiger partial charge on any atom is -0.543 e. The van der Waals surface area contributed by atoms with Crippen LogP contribution in [0.4, 0.5) is 0 Å². The maximum absolute atomic E-state index is 6.47. The molecule has 3 nitrogen and oxygen atoms in total. The summed E-state index contributed by atoms with van der Waals surface area (Å²) < 4.78 is 17.5. The highest BCUT2D eigenvalue weighted by Gasteiger charge is 2.40. The molecule has 1 aromatic carbocycles. The maximum atomic E-state index is 6.47. The Labute approximate surface area is 150 Å². The molecule has 0 unspecified atom stereocenters. The second kappa shape index (κ2) is 6.96. The summed E-state index contributed by atoms with van der Waals surface area (Å²) in [5, 5.41) is 1.41. The fourth-order valence-electron chi connectivity index (χ4n) is 2.25. The van der Waals surface area contributed by atoms with Gasteiger partial charge in [-0.2, -0.15) is 0 Å². The zero-order valence-electron chi connectivity index (χ0n) is 17.1. The molecule has 0 aromatic heterocycles. The highest BCUT2D eigenvalue weighted by Crippen LogP contribution is 2.40. The second-order valence-electron chi connectivity index (χ2n) is 8.79. The van der Waals surface area contributed by atoms with Gasteiger partial charge in [0.1, 0.15) is 5.76 Å². The summed E-state index contributed by atoms with van der Waals surface area (Å²) in [6.45, 7) is 22.4. The van der Waals surface area contributed by atoms with Gasteiger partial charge in [-0.1, -0.05) is 47.0 Å². The second-order valence-corrected chi connectivity index (χ2v) is 18.6. The Morgan fingerprint density at radius 2 is 1.38 bits per heavy atom. The summed E-state index contributed by atoms with van der Waals surface area (Å²) in [5.41, 5.74) is 1.05. The lowest BCUT2D eigenvalue weighted by Crippen LogP contribution is -2.43. The lowest BCUT2D eigenvalue weighted by molar-refractivity contribution is 0.355. The summed E-state index contributed by atoms with van der Waals surface area (Å²) in [7, 11) is -0.212. The third-order valence-electron chi connectivity index (χ3n) is 4.82. The Hall–Kier alpha value is -1.21. The third-order valence-corrected chi connectivity index (χ3v) is 11.2. The van der Waals surface area contributed by atoms with E-state index in [2.05, 4.69) is 66.2 Å². The van der Waals surface area contributed by atoms with Crippen LogP contribution < -0.4 is 14.7 Å². The molecule has 0 heterocycles. The van der Waals surface area contributed by atoms with Crippen LogP contribution in [-0.4, -0.2) is 30.6 Å². The van der Waals surface area contributed by atoms with Gasteiger partial charge in [-0.25, -0.2) is 0 Å². The molecule has 0 fully saturated rings. The molecule has 1 rings (SSSR count). The molecule has 0 aliphatic heterocycles. The van der Waals surface area contributed by atoms with Crippen LogP contribution in [-0.2, 0) is 4.43 Å². The first-order valence-electron chi connectivity index (χ1n) is 8.39. The van der Waals surface area contributed by atoms with Gasteiger partial charge in [-0.3, -0.25) is 0 Å². The minimum atomic E-state index is -1.94. The quantitative estimate of drug-likeness (QED) is 0.509. The van der Waals surface area contributed by atoms with Crippen molar-refractivity contribution in [2.24, 2.45) is 0 Å². The van der Waals surface area contributed by atoms with Gasteiger partial charge in [0.25, 0.3) is 0 Å². The molecule has 24 heavy (non-hydrogen) atoms. The molecule has 0 aliphatic carbocycles. The first-order valence-corrected chi connectivity index (χ1v) is 14.8. The largest absolute Gasteiger partial charge is 0.543 e. The normalized spacial score (nSPS) is 12.8. The van der Waals surface area contributed by atoms with Crippen molar-refractivity contribution in [2.45, 2.75) is 58.5 Å². The Bertz CT molecular complexity index is 608. The van der Waals surface area contributed by atoms with E-state index in [1.165, 1.54) is 5.19 Å². The van der Waals surface area contributed by atoms with Crippen LogP contribution in [0.2, 0.25) is 37.8 Å². The van der Waals surface area contributed by atoms with E-state index in [4.69, 9.17) is 13.9 Å². The van der Waals surface area contributed by atoms with Gasteiger partial charge in [0.2, 0.25) is 8.32 Å². The molecular formula is C19H34O3Si2. The molecule has 0 amide bonds. The Morgan fingerprint density at radius 3 is 1.75 bits per heavy atom. The van der Waals surface area contributed by atoms with Crippen molar-refractivity contribution in [3.05, 3.63) is 24.3 Å². The highest BCUT2D eigenvalue weighted by atomic mass is 28.4. The van der Waals surface area contributed by atoms with Crippen LogP contribution in [0.3, 0.4) is 0 Å². The predicted molar refractivity (Wildman–Crippen MR) is 110 cm³/mol. The molecule has 0 atom stereocenters. The van der Waals surface area contributed by atoms with Crippen molar-refractivity contribution >= 4 is 27.3 Å². The smallest absolute Gasteiger partial charge is 0.250 e. The zero-order valence-corrected chi connectivity index (χ0v) is 19.1. The first kappa shape index (κ1) is 20.8. The molecule has 0 saturated carbocycles. The summed E-state index contributed by atoms with van der Waals surface area (Å²) in [6.07, 6.45) is 0. The number of benzene rings is 1. The molecular weight excluding hydrogens is 332 g/mol. The molecule has 0 saturated heterocycles. The minimum absolute atomic E-state index is 0.131. The van der Waals surface area contributed by atoms with Crippen LogP contribution in [0.1, 0.15) is 26.3 Å². The number of ether oxygens (including phenoxy) is 2. The molecule has 0 radical (unpaired) electrons. The van der Waals surface area contributed by atoms with Crippen molar-refractivity contribution < 1.29 is 13.9 Å². The topological polar surface area (TPSA) is 27.7 Å². The van der Waals surface area contributed by atoms with Crippen LogP contribution in [0.5, 0.6) is 11.5 Å². The van der Waals surface area contributed by atoms with E-state index >= 15 is 0 Å². The van der Waals surface area contributed by atoms with E-state index in [1.807, 2.05) is 6.07 Å². The number of hydrogen-bond donors (Lipinski definition) is 0. The van der Waals surface area contributed by atoms with E-state index in [1.54, 1.807) is 14.2 Å². The van der Waals surface area contributed by atoms with E-state index in [0.717, 1.165) is 22.8 Å². The van der Waals surface area contributed by atoms with Gasteiger partial charge < -0.3 is 13.9 Å². The summed E-state index contributed by atoms with van der Waals surface area (Å²) in [4.78, 5) is 0. The Morgan fingerprint density at radius 1 is 0.917 bits per heavy atom. The third kappa shape index (κ3) is 4.45. The molecule has 0 spiro atoms.